The summed E-state index contributed by atoms with van der Waals surface area (Å²) in [6, 6.07) is 17.9. The second kappa shape index (κ2) is 5.92. The molecule has 0 aliphatic carbocycles. The fraction of sp³-hybridized carbons (Fsp3) is 0.222. The monoisotopic (exact) mass is 280 g/mol. The Morgan fingerprint density at radius 2 is 1.71 bits per heavy atom. The van der Waals surface area contributed by atoms with Crippen molar-refractivity contribution in [1.29, 1.82) is 0 Å². The molecule has 1 N–H and O–H groups in total. The molecule has 0 spiro atoms. The number of benzene rings is 2. The van der Waals surface area contributed by atoms with Crippen LogP contribution in [0.15, 0.2) is 60.8 Å². The van der Waals surface area contributed by atoms with E-state index >= 15 is 0 Å². The molecule has 3 rings (SSSR count). The molecule has 108 valence electrons. The zero-order valence-corrected chi connectivity index (χ0v) is 12.2. The fourth-order valence-electron chi connectivity index (χ4n) is 2.66. The van der Waals surface area contributed by atoms with Gasteiger partial charge in [0.15, 0.2) is 0 Å². The lowest BCUT2D eigenvalue weighted by Gasteiger charge is -2.22. The predicted octanol–water partition coefficient (Wildman–Crippen LogP) is 3.49. The van der Waals surface area contributed by atoms with E-state index in [1.807, 2.05) is 18.2 Å². The van der Waals surface area contributed by atoms with Crippen molar-refractivity contribution >= 4 is 5.70 Å². The van der Waals surface area contributed by atoms with E-state index in [4.69, 9.17) is 0 Å². The summed E-state index contributed by atoms with van der Waals surface area (Å²) < 4.78 is 0. The third kappa shape index (κ3) is 3.02. The highest BCUT2D eigenvalue weighted by molar-refractivity contribution is 5.65. The van der Waals surface area contributed by atoms with E-state index in [1.54, 1.807) is 12.1 Å². The lowest BCUT2D eigenvalue weighted by Crippen LogP contribution is -2.26. The number of nitrogens with zero attached hydrogens (tertiary/aromatic N) is 2. The van der Waals surface area contributed by atoms with Gasteiger partial charge in [-0.2, -0.15) is 0 Å². The van der Waals surface area contributed by atoms with Gasteiger partial charge in [0, 0.05) is 19.3 Å². The number of phenols is 1. The van der Waals surface area contributed by atoms with Gasteiger partial charge >= 0.3 is 0 Å². The molecule has 0 bridgehead atoms. The molecule has 3 heteroatoms. The normalized spacial score (nSPS) is 14.4. The Morgan fingerprint density at radius 1 is 1.00 bits per heavy atom. The Kier molecular flexibility index (Phi) is 3.82. The van der Waals surface area contributed by atoms with E-state index in [0.717, 1.165) is 25.3 Å². The zero-order valence-electron chi connectivity index (χ0n) is 12.2. The second-order valence-electron chi connectivity index (χ2n) is 5.29. The van der Waals surface area contributed by atoms with Crippen LogP contribution in [-0.4, -0.2) is 28.1 Å². The molecule has 0 fully saturated rings. The van der Waals surface area contributed by atoms with Gasteiger partial charge in [-0.25, -0.2) is 0 Å². The van der Waals surface area contributed by atoms with Crippen molar-refractivity contribution in [1.82, 2.24) is 9.80 Å². The van der Waals surface area contributed by atoms with E-state index < -0.39 is 0 Å². The van der Waals surface area contributed by atoms with Crippen molar-refractivity contribution in [3.8, 4) is 5.75 Å². The average Bonchev–Trinajstić information content (AvgIpc) is 2.92. The third-order valence-electron chi connectivity index (χ3n) is 3.77. The first-order chi connectivity index (χ1) is 10.3. The molecule has 0 aromatic heterocycles. The number of hydrogen-bond donors (Lipinski definition) is 1. The Balaban J connectivity index is 1.81. The summed E-state index contributed by atoms with van der Waals surface area (Å²) >= 11 is 0. The van der Waals surface area contributed by atoms with Gasteiger partial charge < -0.3 is 14.9 Å². The minimum absolute atomic E-state index is 0.307. The van der Waals surface area contributed by atoms with Gasteiger partial charge in [0.05, 0.1) is 12.4 Å². The van der Waals surface area contributed by atoms with E-state index in [1.165, 1.54) is 11.3 Å². The predicted molar refractivity (Wildman–Crippen MR) is 85.3 cm³/mol. The maximum atomic E-state index is 9.43. The van der Waals surface area contributed by atoms with Crippen LogP contribution in [0.4, 0.5) is 0 Å². The minimum atomic E-state index is 0.307. The van der Waals surface area contributed by atoms with Crippen LogP contribution in [0.5, 0.6) is 5.75 Å². The SMILES string of the molecule is CCN1CN(Cc2ccccc2)C=C1c1ccc(O)cc1. The largest absolute Gasteiger partial charge is 0.508 e. The van der Waals surface area contributed by atoms with Gasteiger partial charge in [0.1, 0.15) is 5.75 Å². The maximum Gasteiger partial charge on any atom is 0.115 e. The van der Waals surface area contributed by atoms with Crippen LogP contribution in [0.25, 0.3) is 5.70 Å². The van der Waals surface area contributed by atoms with Gasteiger partial charge in [-0.05, 0) is 42.3 Å². The van der Waals surface area contributed by atoms with E-state index in [0.29, 0.717) is 5.75 Å². The molecular weight excluding hydrogens is 260 g/mol. The third-order valence-corrected chi connectivity index (χ3v) is 3.77. The molecule has 1 aliphatic rings. The lowest BCUT2D eigenvalue weighted by atomic mass is 10.1. The molecule has 2 aromatic rings. The van der Waals surface area contributed by atoms with E-state index in [-0.39, 0.29) is 0 Å². The van der Waals surface area contributed by atoms with E-state index in [9.17, 15) is 5.11 Å². The van der Waals surface area contributed by atoms with Crippen molar-refractivity contribution in [2.75, 3.05) is 13.2 Å². The smallest absolute Gasteiger partial charge is 0.115 e. The lowest BCUT2D eigenvalue weighted by molar-refractivity contribution is 0.274. The number of rotatable bonds is 4. The summed E-state index contributed by atoms with van der Waals surface area (Å²) in [5.74, 6) is 0.307. The van der Waals surface area contributed by atoms with Crippen LogP contribution in [0.2, 0.25) is 0 Å². The highest BCUT2D eigenvalue weighted by Crippen LogP contribution is 2.27. The molecule has 0 saturated heterocycles. The molecule has 1 aliphatic heterocycles. The van der Waals surface area contributed by atoms with Gasteiger partial charge in [0.25, 0.3) is 0 Å². The van der Waals surface area contributed by atoms with Crippen molar-refractivity contribution in [2.45, 2.75) is 13.5 Å². The van der Waals surface area contributed by atoms with Gasteiger partial charge in [-0.1, -0.05) is 30.3 Å². The van der Waals surface area contributed by atoms with Crippen LogP contribution in [0.1, 0.15) is 18.1 Å². The van der Waals surface area contributed by atoms with E-state index in [2.05, 4.69) is 47.2 Å². The minimum Gasteiger partial charge on any atom is -0.508 e. The van der Waals surface area contributed by atoms with Crippen LogP contribution in [-0.2, 0) is 6.54 Å². The van der Waals surface area contributed by atoms with Crippen molar-refractivity contribution in [2.24, 2.45) is 0 Å². The number of hydrogen-bond acceptors (Lipinski definition) is 3. The standard InChI is InChI=1S/C18H20N2O/c1-2-20-14-19(12-15-6-4-3-5-7-15)13-18(20)16-8-10-17(21)11-9-16/h3-11,13,21H,2,12,14H2,1H3. The molecule has 0 atom stereocenters. The molecule has 1 heterocycles. The first-order valence-corrected chi connectivity index (χ1v) is 7.30. The Hall–Kier alpha value is -2.42. The van der Waals surface area contributed by atoms with Gasteiger partial charge in [-0.3, -0.25) is 0 Å². The van der Waals surface area contributed by atoms with Crippen molar-refractivity contribution in [3.63, 3.8) is 0 Å². The molecule has 2 aromatic carbocycles. The molecule has 0 saturated carbocycles. The second-order valence-corrected chi connectivity index (χ2v) is 5.29. The summed E-state index contributed by atoms with van der Waals surface area (Å²) in [5.41, 5.74) is 3.68. The fourth-order valence-corrected chi connectivity index (χ4v) is 2.66. The first-order valence-electron chi connectivity index (χ1n) is 7.30. The summed E-state index contributed by atoms with van der Waals surface area (Å²) in [6.45, 7) is 4.96. The van der Waals surface area contributed by atoms with Crippen LogP contribution in [0.3, 0.4) is 0 Å². The first kappa shape index (κ1) is 13.6. The Morgan fingerprint density at radius 3 is 2.38 bits per heavy atom. The van der Waals surface area contributed by atoms with Crippen LogP contribution < -0.4 is 0 Å². The zero-order chi connectivity index (χ0) is 14.7. The summed E-state index contributed by atoms with van der Waals surface area (Å²) in [6.07, 6.45) is 2.21. The topological polar surface area (TPSA) is 26.7 Å². The molecule has 0 amide bonds. The molecule has 3 nitrogen and oxygen atoms in total. The summed E-state index contributed by atoms with van der Waals surface area (Å²) in [5, 5.41) is 9.43. The maximum absolute atomic E-state index is 9.43. The molecular formula is C18H20N2O. The number of aromatic hydroxyl groups is 1. The summed E-state index contributed by atoms with van der Waals surface area (Å²) in [4.78, 5) is 4.66. The van der Waals surface area contributed by atoms with Crippen molar-refractivity contribution in [3.05, 3.63) is 71.9 Å². The number of phenolic OH excluding ortho intramolecular Hbond substituents is 1. The Bertz CT molecular complexity index is 619. The summed E-state index contributed by atoms with van der Waals surface area (Å²) in [7, 11) is 0. The van der Waals surface area contributed by atoms with Crippen LogP contribution >= 0.6 is 0 Å². The highest BCUT2D eigenvalue weighted by atomic mass is 16.3. The average molecular weight is 280 g/mol. The molecule has 21 heavy (non-hydrogen) atoms. The Labute approximate surface area is 125 Å². The molecule has 0 unspecified atom stereocenters. The quantitative estimate of drug-likeness (QED) is 0.928. The van der Waals surface area contributed by atoms with Crippen LogP contribution in [0, 0.1) is 0 Å². The molecule has 0 radical (unpaired) electrons. The highest BCUT2D eigenvalue weighted by Gasteiger charge is 2.20. The van der Waals surface area contributed by atoms with Gasteiger partial charge in [0.2, 0.25) is 0 Å². The van der Waals surface area contributed by atoms with Crippen molar-refractivity contribution < 1.29 is 5.11 Å². The van der Waals surface area contributed by atoms with Gasteiger partial charge in [-0.15, -0.1) is 0 Å².